The Labute approximate surface area is 110 Å². The predicted molar refractivity (Wildman–Crippen MR) is 72.2 cm³/mol. The number of piperidine rings is 1. The zero-order chi connectivity index (χ0) is 13.0. The molecule has 0 saturated carbocycles. The van der Waals surface area contributed by atoms with Gasteiger partial charge >= 0.3 is 5.00 Å². The van der Waals surface area contributed by atoms with E-state index in [1.807, 2.05) is 0 Å². The van der Waals surface area contributed by atoms with Crippen molar-refractivity contribution in [2.45, 2.75) is 19.8 Å². The molecule has 100 valence electrons. The van der Waals surface area contributed by atoms with Crippen molar-refractivity contribution in [1.29, 1.82) is 0 Å². The number of hydrogen-bond acceptors (Lipinski definition) is 6. The molecule has 0 radical (unpaired) electrons. The number of anilines is 1. The summed E-state index contributed by atoms with van der Waals surface area (Å²) in [7, 11) is 0. The van der Waals surface area contributed by atoms with Gasteiger partial charge in [0, 0.05) is 13.1 Å². The van der Waals surface area contributed by atoms with E-state index in [1.54, 1.807) is 0 Å². The molecular weight excluding hydrogens is 252 g/mol. The summed E-state index contributed by atoms with van der Waals surface area (Å²) in [6.07, 6.45) is 3.69. The fraction of sp³-hybridized carbons (Fsp3) is 0.727. The van der Waals surface area contributed by atoms with Gasteiger partial charge in [0.1, 0.15) is 6.20 Å². The lowest BCUT2D eigenvalue weighted by molar-refractivity contribution is -0.380. The average Bonchev–Trinajstić information content (AvgIpc) is 2.87. The Morgan fingerprint density at radius 1 is 1.61 bits per heavy atom. The van der Waals surface area contributed by atoms with Crippen LogP contribution in [0.3, 0.4) is 0 Å². The lowest BCUT2D eigenvalue weighted by Crippen LogP contribution is -2.36. The van der Waals surface area contributed by atoms with Gasteiger partial charge in [-0.3, -0.25) is 10.1 Å². The summed E-state index contributed by atoms with van der Waals surface area (Å²) in [5.41, 5.74) is 0. The molecule has 1 fully saturated rings. The van der Waals surface area contributed by atoms with E-state index in [0.29, 0.717) is 5.92 Å². The number of hydrogen-bond donors (Lipinski definition) is 1. The van der Waals surface area contributed by atoms with E-state index in [9.17, 15) is 10.1 Å². The van der Waals surface area contributed by atoms with Crippen LogP contribution in [0.4, 0.5) is 10.1 Å². The molecule has 0 spiro atoms. The molecule has 0 atom stereocenters. The smallest absolute Gasteiger partial charge is 0.345 e. The Kier molecular flexibility index (Phi) is 4.48. The van der Waals surface area contributed by atoms with Gasteiger partial charge in [-0.25, -0.2) is 4.98 Å². The molecule has 0 bridgehead atoms. The van der Waals surface area contributed by atoms with Gasteiger partial charge < -0.3 is 10.2 Å². The number of nitrogens with one attached hydrogen (secondary N) is 1. The van der Waals surface area contributed by atoms with Crippen molar-refractivity contribution in [1.82, 2.24) is 10.3 Å². The lowest BCUT2D eigenvalue weighted by Gasteiger charge is -2.28. The molecule has 1 N–H and O–H groups in total. The zero-order valence-electron chi connectivity index (χ0n) is 10.5. The summed E-state index contributed by atoms with van der Waals surface area (Å²) in [5, 5.41) is 14.9. The molecule has 18 heavy (non-hydrogen) atoms. The first-order valence-corrected chi connectivity index (χ1v) is 7.08. The third kappa shape index (κ3) is 3.17. The van der Waals surface area contributed by atoms with Crippen LogP contribution >= 0.6 is 11.3 Å². The fourth-order valence-electron chi connectivity index (χ4n) is 2.21. The van der Waals surface area contributed by atoms with Crippen LogP contribution in [0.1, 0.15) is 19.8 Å². The van der Waals surface area contributed by atoms with Gasteiger partial charge in [-0.1, -0.05) is 0 Å². The van der Waals surface area contributed by atoms with Gasteiger partial charge in [0.2, 0.25) is 0 Å². The van der Waals surface area contributed by atoms with Gasteiger partial charge in [0.25, 0.3) is 0 Å². The van der Waals surface area contributed by atoms with Crippen LogP contribution in [0.15, 0.2) is 6.20 Å². The number of rotatable bonds is 5. The highest BCUT2D eigenvalue weighted by molar-refractivity contribution is 7.18. The molecule has 1 aromatic heterocycles. The molecule has 7 heteroatoms. The normalized spacial score (nSPS) is 16.7. The first-order chi connectivity index (χ1) is 8.70. The topological polar surface area (TPSA) is 71.3 Å². The monoisotopic (exact) mass is 270 g/mol. The Morgan fingerprint density at radius 2 is 2.33 bits per heavy atom. The highest BCUT2D eigenvalue weighted by Crippen LogP contribution is 2.29. The number of nitrogens with zero attached hydrogens (tertiary/aromatic N) is 3. The van der Waals surface area contributed by atoms with Crippen LogP contribution < -0.4 is 10.2 Å². The number of nitro groups is 1. The molecule has 1 aliphatic rings. The molecule has 0 aliphatic carbocycles. The van der Waals surface area contributed by atoms with Crippen molar-refractivity contribution in [2.75, 3.05) is 31.1 Å². The second kappa shape index (κ2) is 6.10. The van der Waals surface area contributed by atoms with Crippen molar-refractivity contribution in [3.8, 4) is 0 Å². The predicted octanol–water partition coefficient (Wildman–Crippen LogP) is 1.88. The van der Waals surface area contributed by atoms with Gasteiger partial charge in [-0.2, -0.15) is 0 Å². The van der Waals surface area contributed by atoms with Crippen molar-refractivity contribution in [3.63, 3.8) is 0 Å². The van der Waals surface area contributed by atoms with Crippen molar-refractivity contribution in [2.24, 2.45) is 5.92 Å². The Balaban J connectivity index is 2.00. The maximum atomic E-state index is 10.7. The second-order valence-corrected chi connectivity index (χ2v) is 5.46. The van der Waals surface area contributed by atoms with Crippen molar-refractivity contribution in [3.05, 3.63) is 16.3 Å². The number of thiazole rings is 1. The Hall–Kier alpha value is -1.21. The van der Waals surface area contributed by atoms with E-state index in [4.69, 9.17) is 0 Å². The minimum atomic E-state index is -0.375. The summed E-state index contributed by atoms with van der Waals surface area (Å²) in [6.45, 7) is 5.99. The maximum absolute atomic E-state index is 10.7. The lowest BCUT2D eigenvalue weighted by atomic mass is 9.98. The molecule has 6 nitrogen and oxygen atoms in total. The third-order valence-electron chi connectivity index (χ3n) is 3.25. The van der Waals surface area contributed by atoms with Crippen LogP contribution in [0.25, 0.3) is 0 Å². The highest BCUT2D eigenvalue weighted by Gasteiger charge is 2.20. The van der Waals surface area contributed by atoms with E-state index in [-0.39, 0.29) is 9.92 Å². The SMILES string of the molecule is CCN(CC1CCNCC1)c1ncc([N+](=O)[O-])s1. The fourth-order valence-corrected chi connectivity index (χ4v) is 3.01. The van der Waals surface area contributed by atoms with Crippen LogP contribution in [0, 0.1) is 16.0 Å². The van der Waals surface area contributed by atoms with Gasteiger partial charge in [-0.15, -0.1) is 0 Å². The van der Waals surface area contributed by atoms with Crippen LogP contribution in [-0.4, -0.2) is 36.1 Å². The molecule has 1 aliphatic heterocycles. The summed E-state index contributed by atoms with van der Waals surface area (Å²) in [5.74, 6) is 0.661. The van der Waals surface area contributed by atoms with Crippen LogP contribution in [0.2, 0.25) is 0 Å². The van der Waals surface area contributed by atoms with E-state index in [2.05, 4.69) is 22.1 Å². The van der Waals surface area contributed by atoms with E-state index < -0.39 is 0 Å². The standard InChI is InChI=1S/C11H18N4O2S/c1-2-14(8-9-3-5-12-6-4-9)11-13-7-10(18-11)15(16)17/h7,9,12H,2-6,8H2,1H3. The van der Waals surface area contributed by atoms with Crippen LogP contribution in [0.5, 0.6) is 0 Å². The highest BCUT2D eigenvalue weighted by atomic mass is 32.1. The molecule has 0 aromatic carbocycles. The minimum absolute atomic E-state index is 0.119. The van der Waals surface area contributed by atoms with E-state index >= 15 is 0 Å². The minimum Gasteiger partial charge on any atom is -0.348 e. The first kappa shape index (κ1) is 13.2. The largest absolute Gasteiger partial charge is 0.348 e. The Bertz CT molecular complexity index is 404. The van der Waals surface area contributed by atoms with Gasteiger partial charge in [0.15, 0.2) is 5.13 Å². The van der Waals surface area contributed by atoms with E-state index in [1.165, 1.54) is 19.0 Å². The molecule has 2 heterocycles. The molecule has 1 aromatic rings. The molecular formula is C11H18N4O2S. The Morgan fingerprint density at radius 3 is 2.89 bits per heavy atom. The average molecular weight is 270 g/mol. The molecule has 0 unspecified atom stereocenters. The van der Waals surface area contributed by atoms with Crippen molar-refractivity contribution >= 4 is 21.5 Å². The van der Waals surface area contributed by atoms with Gasteiger partial charge in [-0.05, 0) is 50.1 Å². The maximum Gasteiger partial charge on any atom is 0.345 e. The second-order valence-electron chi connectivity index (χ2n) is 4.47. The zero-order valence-corrected chi connectivity index (χ0v) is 11.3. The quantitative estimate of drug-likeness (QED) is 0.653. The molecule has 1 saturated heterocycles. The van der Waals surface area contributed by atoms with Crippen LogP contribution in [-0.2, 0) is 0 Å². The first-order valence-electron chi connectivity index (χ1n) is 6.26. The van der Waals surface area contributed by atoms with E-state index in [0.717, 1.165) is 42.6 Å². The molecule has 2 rings (SSSR count). The summed E-state index contributed by atoms with van der Waals surface area (Å²) in [4.78, 5) is 16.6. The summed E-state index contributed by atoms with van der Waals surface area (Å²) >= 11 is 1.16. The molecule has 0 amide bonds. The number of aromatic nitrogens is 1. The third-order valence-corrected chi connectivity index (χ3v) is 4.26. The van der Waals surface area contributed by atoms with Gasteiger partial charge in [0.05, 0.1) is 4.92 Å². The summed E-state index contributed by atoms with van der Waals surface area (Å²) in [6, 6.07) is 0. The summed E-state index contributed by atoms with van der Waals surface area (Å²) < 4.78 is 0. The van der Waals surface area contributed by atoms with Crippen molar-refractivity contribution < 1.29 is 4.92 Å².